The maximum absolute atomic E-state index is 12.5. The van der Waals surface area contributed by atoms with Gasteiger partial charge in [0.2, 0.25) is 0 Å². The average Bonchev–Trinajstić information content (AvgIpc) is 3.02. The fraction of sp³-hybridized carbons (Fsp3) is 0.581. The van der Waals surface area contributed by atoms with E-state index in [2.05, 4.69) is 24.0 Å². The molecule has 0 amide bonds. The van der Waals surface area contributed by atoms with Crippen molar-refractivity contribution in [2.24, 2.45) is 11.8 Å². The molecule has 204 valence electrons. The van der Waals surface area contributed by atoms with Gasteiger partial charge in [-0.05, 0) is 105 Å². The number of ether oxygens (including phenoxy) is 3. The molecular weight excluding hydrogens is 502 g/mol. The molecule has 4 aliphatic rings. The fourth-order valence-corrected chi connectivity index (χ4v) is 7.58. The maximum Gasteiger partial charge on any atom is 0.337 e. The molecule has 0 aromatic heterocycles. The van der Waals surface area contributed by atoms with Crippen molar-refractivity contribution in [1.82, 2.24) is 0 Å². The minimum absolute atomic E-state index is 0.0914. The van der Waals surface area contributed by atoms with Gasteiger partial charge in [-0.25, -0.2) is 4.79 Å². The molecule has 2 aliphatic heterocycles. The number of esters is 1. The zero-order chi connectivity index (χ0) is 26.4. The highest BCUT2D eigenvalue weighted by molar-refractivity contribution is 6.30. The lowest BCUT2D eigenvalue weighted by molar-refractivity contribution is -0.135. The molecule has 0 unspecified atom stereocenters. The second kappa shape index (κ2) is 10.4. The quantitative estimate of drug-likeness (QED) is 0.513. The fourth-order valence-electron chi connectivity index (χ4n) is 7.39. The Hall–Kier alpha value is -2.28. The van der Waals surface area contributed by atoms with Crippen molar-refractivity contribution in [1.29, 1.82) is 0 Å². The molecule has 6 rings (SSSR count). The summed E-state index contributed by atoms with van der Waals surface area (Å²) in [5, 5.41) is 11.2. The number of fused-ring (bicyclic) bond motifs is 3. The van der Waals surface area contributed by atoms with Gasteiger partial charge >= 0.3 is 5.97 Å². The lowest BCUT2D eigenvalue weighted by Gasteiger charge is -2.48. The predicted octanol–water partition coefficient (Wildman–Crippen LogP) is 5.55. The number of aliphatic hydroxyl groups excluding tert-OH is 1. The molecule has 2 aromatic carbocycles. The number of aliphatic hydroxyl groups is 1. The topological polar surface area (TPSA) is 68.2 Å². The van der Waals surface area contributed by atoms with E-state index in [9.17, 15) is 9.90 Å². The van der Waals surface area contributed by atoms with Crippen LogP contribution >= 0.6 is 11.6 Å². The van der Waals surface area contributed by atoms with Gasteiger partial charge in [0.15, 0.2) is 0 Å². The molecular formula is C31H38ClNO5. The van der Waals surface area contributed by atoms with E-state index in [1.54, 1.807) is 6.07 Å². The number of hydrogen-bond acceptors (Lipinski definition) is 6. The maximum atomic E-state index is 12.5. The summed E-state index contributed by atoms with van der Waals surface area (Å²) < 4.78 is 17.9. The molecule has 1 N–H and O–H groups in total. The lowest BCUT2D eigenvalue weighted by Crippen LogP contribution is -2.51. The normalized spacial score (nSPS) is 32.4. The summed E-state index contributed by atoms with van der Waals surface area (Å²) in [4.78, 5) is 14.9. The van der Waals surface area contributed by atoms with E-state index in [-0.39, 0.29) is 29.7 Å². The van der Waals surface area contributed by atoms with E-state index in [1.165, 1.54) is 18.2 Å². The summed E-state index contributed by atoms with van der Waals surface area (Å²) in [6, 6.07) is 12.0. The van der Waals surface area contributed by atoms with Gasteiger partial charge in [-0.2, -0.15) is 0 Å². The first-order chi connectivity index (χ1) is 18.3. The molecule has 1 saturated carbocycles. The molecule has 7 heteroatoms. The molecule has 6 nitrogen and oxygen atoms in total. The lowest BCUT2D eigenvalue weighted by atomic mass is 9.67. The summed E-state index contributed by atoms with van der Waals surface area (Å²) in [7, 11) is 1.42. The van der Waals surface area contributed by atoms with E-state index >= 15 is 0 Å². The largest absolute Gasteiger partial charge is 0.490 e. The summed E-state index contributed by atoms with van der Waals surface area (Å²) in [6.45, 7) is 4.33. The van der Waals surface area contributed by atoms with Crippen molar-refractivity contribution in [2.45, 2.75) is 75.6 Å². The van der Waals surface area contributed by atoms with E-state index in [1.807, 2.05) is 18.2 Å². The Labute approximate surface area is 230 Å². The number of carbonyl (C=O) groups excluding carboxylic acids is 1. The second-order valence-corrected chi connectivity index (χ2v) is 12.3. The van der Waals surface area contributed by atoms with E-state index in [0.717, 1.165) is 68.1 Å². The molecule has 1 saturated heterocycles. The van der Waals surface area contributed by atoms with Crippen LogP contribution < -0.4 is 9.64 Å². The van der Waals surface area contributed by atoms with Gasteiger partial charge in [0.1, 0.15) is 5.75 Å². The first-order valence-electron chi connectivity index (χ1n) is 14.1. The number of benzene rings is 2. The Morgan fingerprint density at radius 1 is 1.21 bits per heavy atom. The first-order valence-corrected chi connectivity index (χ1v) is 14.5. The van der Waals surface area contributed by atoms with Crippen LogP contribution in [0.1, 0.15) is 66.9 Å². The summed E-state index contributed by atoms with van der Waals surface area (Å²) in [6.07, 6.45) is 6.76. The van der Waals surface area contributed by atoms with Gasteiger partial charge in [0.05, 0.1) is 43.3 Å². The Bertz CT molecular complexity index is 1190. The third kappa shape index (κ3) is 4.80. The van der Waals surface area contributed by atoms with Gasteiger partial charge in [-0.15, -0.1) is 0 Å². The van der Waals surface area contributed by atoms with E-state index in [0.29, 0.717) is 30.4 Å². The molecule has 0 bridgehead atoms. The monoisotopic (exact) mass is 539 g/mol. The van der Waals surface area contributed by atoms with Crippen molar-refractivity contribution in [3.63, 3.8) is 0 Å². The van der Waals surface area contributed by atoms with Crippen LogP contribution in [-0.2, 0) is 21.3 Å². The van der Waals surface area contributed by atoms with Gasteiger partial charge in [0.25, 0.3) is 0 Å². The molecule has 2 aliphatic carbocycles. The minimum Gasteiger partial charge on any atom is -0.490 e. The van der Waals surface area contributed by atoms with Crippen LogP contribution in [0, 0.1) is 11.8 Å². The molecule has 38 heavy (non-hydrogen) atoms. The minimum atomic E-state index is -0.343. The van der Waals surface area contributed by atoms with Gasteiger partial charge in [-0.1, -0.05) is 17.7 Å². The highest BCUT2D eigenvalue weighted by Crippen LogP contribution is 2.47. The number of methoxy groups -OCH3 is 1. The van der Waals surface area contributed by atoms with Crippen LogP contribution in [0.2, 0.25) is 5.02 Å². The van der Waals surface area contributed by atoms with Crippen LogP contribution in [0.4, 0.5) is 5.69 Å². The van der Waals surface area contributed by atoms with E-state index < -0.39 is 0 Å². The van der Waals surface area contributed by atoms with E-state index in [4.69, 9.17) is 25.8 Å². The van der Waals surface area contributed by atoms with Crippen LogP contribution in [0.5, 0.6) is 5.75 Å². The number of carbonyl (C=O) groups is 1. The number of aryl methyl sites for hydroxylation is 1. The number of rotatable bonds is 4. The number of hydrogen-bond donors (Lipinski definition) is 1. The molecule has 2 fully saturated rings. The van der Waals surface area contributed by atoms with Crippen molar-refractivity contribution in [3.05, 3.63) is 58.1 Å². The molecule has 1 spiro atoms. The van der Waals surface area contributed by atoms with Crippen molar-refractivity contribution < 1.29 is 24.1 Å². The molecule has 0 radical (unpaired) electrons. The smallest absolute Gasteiger partial charge is 0.337 e. The van der Waals surface area contributed by atoms with Crippen molar-refractivity contribution in [2.75, 3.05) is 31.7 Å². The summed E-state index contributed by atoms with van der Waals surface area (Å²) >= 11 is 6.39. The number of nitrogens with zero attached hydrogens (tertiary/aromatic N) is 1. The standard InChI is InChI=1S/C31H38ClNO5/c1-19-12-24(34)15-29(38-19)25-8-5-22(25)16-33-17-31(11-3-4-20-13-23(32)7-9-26(20)31)18-37-28-10-6-21(14-27(28)33)30(35)36-2/h6-7,9-10,13-14,19,22,24-25,29,34H,3-5,8,11-12,15-18H2,1-2H3/t19-,22-,24-,25+,29-,31-/m0/s1. The second-order valence-electron chi connectivity index (χ2n) is 11.9. The third-order valence-electron chi connectivity index (χ3n) is 9.38. The van der Waals surface area contributed by atoms with Crippen molar-refractivity contribution >= 4 is 23.3 Å². The average molecular weight is 540 g/mol. The van der Waals surface area contributed by atoms with Gasteiger partial charge < -0.3 is 24.2 Å². The van der Waals surface area contributed by atoms with Crippen LogP contribution in [-0.4, -0.2) is 56.2 Å². The van der Waals surface area contributed by atoms with Crippen molar-refractivity contribution in [3.8, 4) is 5.75 Å². The van der Waals surface area contributed by atoms with Crippen LogP contribution in [0.15, 0.2) is 36.4 Å². The summed E-state index contributed by atoms with van der Waals surface area (Å²) in [5.41, 5.74) is 3.97. The SMILES string of the molecule is COC(=O)c1ccc2c(c1)N(C[C@@H]1CC[C@H]1[C@@H]1C[C@@H](O)C[C@H](C)O1)C[C@@]1(CCCc3cc(Cl)ccc31)CO2. The molecule has 2 aromatic rings. The number of anilines is 1. The van der Waals surface area contributed by atoms with Gasteiger partial charge in [0, 0.05) is 23.5 Å². The Morgan fingerprint density at radius 3 is 2.84 bits per heavy atom. The highest BCUT2D eigenvalue weighted by atomic mass is 35.5. The zero-order valence-electron chi connectivity index (χ0n) is 22.3. The highest BCUT2D eigenvalue weighted by Gasteiger charge is 2.45. The molecule has 6 atom stereocenters. The summed E-state index contributed by atoms with van der Waals surface area (Å²) in [5.74, 6) is 1.35. The Morgan fingerprint density at radius 2 is 2.08 bits per heavy atom. The Balaban J connectivity index is 1.34. The zero-order valence-corrected chi connectivity index (χ0v) is 23.1. The van der Waals surface area contributed by atoms with Gasteiger partial charge in [-0.3, -0.25) is 0 Å². The number of halogens is 1. The predicted molar refractivity (Wildman–Crippen MR) is 147 cm³/mol. The Kier molecular flexibility index (Phi) is 7.08. The molecule has 2 heterocycles. The van der Waals surface area contributed by atoms with Crippen LogP contribution in [0.25, 0.3) is 0 Å². The van der Waals surface area contributed by atoms with Crippen LogP contribution in [0.3, 0.4) is 0 Å². The first kappa shape index (κ1) is 26.0. The third-order valence-corrected chi connectivity index (χ3v) is 9.62.